The average molecular weight is 386 g/mol. The van der Waals surface area contributed by atoms with Crippen molar-refractivity contribution >= 4 is 39.8 Å². The molecular formula is C16H23N3O4S2. The van der Waals surface area contributed by atoms with Crippen molar-refractivity contribution in [2.45, 2.75) is 33.2 Å². The minimum absolute atomic E-state index is 0.0555. The largest absolute Gasteiger partial charge is 0.481 e. The number of aliphatic hydroxyl groups is 1. The summed E-state index contributed by atoms with van der Waals surface area (Å²) in [6.07, 6.45) is 1.17. The Morgan fingerprint density at radius 1 is 1.40 bits per heavy atom. The first-order valence-corrected chi connectivity index (χ1v) is 9.96. The number of carboxylic acid groups (broad SMARTS) is 1. The lowest BCUT2D eigenvalue weighted by atomic mass is 10.2. The van der Waals surface area contributed by atoms with Crippen LogP contribution < -0.4 is 5.73 Å². The highest BCUT2D eigenvalue weighted by molar-refractivity contribution is 8.78. The van der Waals surface area contributed by atoms with Crippen LogP contribution in [0.4, 0.5) is 5.82 Å². The Labute approximate surface area is 155 Å². The van der Waals surface area contributed by atoms with E-state index in [4.69, 9.17) is 10.8 Å². The molecule has 0 atom stereocenters. The molecule has 1 amide bonds. The summed E-state index contributed by atoms with van der Waals surface area (Å²) in [5.74, 6) is -0.0285. The Balaban J connectivity index is 2.87. The summed E-state index contributed by atoms with van der Waals surface area (Å²) in [5.41, 5.74) is 8.16. The number of hydrogen-bond acceptors (Lipinski definition) is 7. The number of aliphatic hydroxyl groups excluding tert-OH is 1. The SMILES string of the molecule is CC(=C(CCO)SSCCC(=O)O)N(C=O)Cc1ccc(C)nc1N. The van der Waals surface area contributed by atoms with Crippen LogP contribution >= 0.6 is 21.6 Å². The molecule has 0 aromatic carbocycles. The predicted octanol–water partition coefficient (Wildman–Crippen LogP) is 2.40. The molecule has 9 heteroatoms. The van der Waals surface area contributed by atoms with Crippen LogP contribution in [0.15, 0.2) is 22.7 Å². The number of nitrogens with zero attached hydrogens (tertiary/aromatic N) is 2. The van der Waals surface area contributed by atoms with E-state index in [0.29, 0.717) is 30.1 Å². The molecule has 1 aromatic heterocycles. The lowest BCUT2D eigenvalue weighted by Gasteiger charge is -2.22. The van der Waals surface area contributed by atoms with E-state index < -0.39 is 5.97 Å². The summed E-state index contributed by atoms with van der Waals surface area (Å²) < 4.78 is 0. The second kappa shape index (κ2) is 11.0. The number of nitrogens with two attached hydrogens (primary N) is 1. The van der Waals surface area contributed by atoms with Crippen molar-refractivity contribution < 1.29 is 19.8 Å². The molecule has 0 saturated carbocycles. The van der Waals surface area contributed by atoms with E-state index in [1.807, 2.05) is 19.1 Å². The van der Waals surface area contributed by atoms with Crippen molar-refractivity contribution in [1.29, 1.82) is 0 Å². The van der Waals surface area contributed by atoms with E-state index in [2.05, 4.69) is 4.98 Å². The number of amides is 1. The van der Waals surface area contributed by atoms with Gasteiger partial charge in [0.25, 0.3) is 0 Å². The third-order valence-corrected chi connectivity index (χ3v) is 6.00. The van der Waals surface area contributed by atoms with Gasteiger partial charge in [0.2, 0.25) is 6.41 Å². The van der Waals surface area contributed by atoms with Crippen LogP contribution in [-0.2, 0) is 16.1 Å². The van der Waals surface area contributed by atoms with Crippen molar-refractivity contribution in [2.75, 3.05) is 18.1 Å². The van der Waals surface area contributed by atoms with Crippen molar-refractivity contribution in [2.24, 2.45) is 0 Å². The monoisotopic (exact) mass is 385 g/mol. The van der Waals surface area contributed by atoms with Gasteiger partial charge in [-0.15, -0.1) is 0 Å². The molecule has 7 nitrogen and oxygen atoms in total. The molecule has 0 aliphatic rings. The highest BCUT2D eigenvalue weighted by Gasteiger charge is 2.14. The summed E-state index contributed by atoms with van der Waals surface area (Å²) in [6, 6.07) is 3.67. The fourth-order valence-corrected chi connectivity index (χ4v) is 4.38. The molecule has 0 spiro atoms. The van der Waals surface area contributed by atoms with Gasteiger partial charge in [0, 0.05) is 40.6 Å². The van der Waals surface area contributed by atoms with Crippen LogP contribution in [0.5, 0.6) is 0 Å². The molecule has 4 N–H and O–H groups in total. The third-order valence-electron chi connectivity index (χ3n) is 3.35. The van der Waals surface area contributed by atoms with Crippen LogP contribution in [0.3, 0.4) is 0 Å². The number of rotatable bonds is 11. The van der Waals surface area contributed by atoms with E-state index in [9.17, 15) is 14.7 Å². The van der Waals surface area contributed by atoms with Gasteiger partial charge in [0.1, 0.15) is 5.82 Å². The Kier molecular flexibility index (Phi) is 9.40. The van der Waals surface area contributed by atoms with E-state index in [1.165, 1.54) is 26.5 Å². The quantitative estimate of drug-likeness (QED) is 0.302. The van der Waals surface area contributed by atoms with E-state index in [0.717, 1.165) is 16.2 Å². The van der Waals surface area contributed by atoms with Crippen LogP contribution in [0.1, 0.15) is 31.0 Å². The van der Waals surface area contributed by atoms with Gasteiger partial charge in [-0.25, -0.2) is 4.98 Å². The maximum Gasteiger partial charge on any atom is 0.304 e. The maximum atomic E-state index is 11.5. The Morgan fingerprint density at radius 2 is 2.12 bits per heavy atom. The van der Waals surface area contributed by atoms with Crippen LogP contribution in [0.2, 0.25) is 0 Å². The molecule has 138 valence electrons. The van der Waals surface area contributed by atoms with Gasteiger partial charge in [-0.05, 0) is 19.9 Å². The molecule has 0 bridgehead atoms. The van der Waals surface area contributed by atoms with E-state index in [-0.39, 0.29) is 19.6 Å². The topological polar surface area (TPSA) is 117 Å². The summed E-state index contributed by atoms with van der Waals surface area (Å²) in [4.78, 5) is 28.6. The fraction of sp³-hybridized carbons (Fsp3) is 0.438. The number of aromatic nitrogens is 1. The van der Waals surface area contributed by atoms with Crippen molar-refractivity contribution in [3.63, 3.8) is 0 Å². The number of nitrogen functional groups attached to an aromatic ring is 1. The zero-order valence-electron chi connectivity index (χ0n) is 14.3. The lowest BCUT2D eigenvalue weighted by Crippen LogP contribution is -2.21. The number of carbonyl (C=O) groups excluding carboxylic acids is 1. The Bertz CT molecular complexity index is 638. The molecule has 0 aliphatic carbocycles. The minimum Gasteiger partial charge on any atom is -0.481 e. The van der Waals surface area contributed by atoms with Crippen LogP contribution in [-0.4, -0.2) is 44.8 Å². The van der Waals surface area contributed by atoms with Gasteiger partial charge in [-0.2, -0.15) is 0 Å². The van der Waals surface area contributed by atoms with Gasteiger partial charge in [0.05, 0.1) is 13.0 Å². The highest BCUT2D eigenvalue weighted by Crippen LogP contribution is 2.35. The standard InChI is InChI=1S/C16H23N3O4S2/c1-11-3-4-13(16(17)18-11)9-19(10-21)12(2)14(5-7-20)25-24-8-6-15(22)23/h3-4,10,20H,5-9H2,1-2H3,(H2,17,18)(H,22,23). The van der Waals surface area contributed by atoms with Crippen molar-refractivity contribution in [3.05, 3.63) is 34.0 Å². The lowest BCUT2D eigenvalue weighted by molar-refractivity contribution is -0.136. The maximum absolute atomic E-state index is 11.5. The molecule has 0 saturated heterocycles. The smallest absolute Gasteiger partial charge is 0.304 e. The molecule has 1 aromatic rings. The van der Waals surface area contributed by atoms with Crippen LogP contribution in [0.25, 0.3) is 0 Å². The number of carbonyl (C=O) groups is 2. The fourth-order valence-electron chi connectivity index (χ4n) is 1.94. The van der Waals surface area contributed by atoms with Crippen LogP contribution in [0, 0.1) is 6.92 Å². The second-order valence-electron chi connectivity index (χ2n) is 5.26. The number of allylic oxidation sites excluding steroid dienone is 1. The number of aliphatic carboxylic acids is 1. The van der Waals surface area contributed by atoms with E-state index in [1.54, 1.807) is 6.92 Å². The van der Waals surface area contributed by atoms with Gasteiger partial charge >= 0.3 is 5.97 Å². The molecule has 1 heterocycles. The zero-order chi connectivity index (χ0) is 18.8. The molecule has 0 radical (unpaired) electrons. The summed E-state index contributed by atoms with van der Waals surface area (Å²) in [7, 11) is 2.77. The molecule has 1 rings (SSSR count). The normalized spacial score (nSPS) is 11.8. The predicted molar refractivity (Wildman–Crippen MR) is 102 cm³/mol. The summed E-state index contributed by atoms with van der Waals surface area (Å²) in [6.45, 7) is 3.86. The van der Waals surface area contributed by atoms with Crippen molar-refractivity contribution in [1.82, 2.24) is 9.88 Å². The third kappa shape index (κ3) is 7.37. The van der Waals surface area contributed by atoms with Gasteiger partial charge in [0.15, 0.2) is 0 Å². The first kappa shape index (κ1) is 21.3. The minimum atomic E-state index is -0.852. The Hall–Kier alpha value is -1.71. The highest BCUT2D eigenvalue weighted by atomic mass is 33.1. The molecule has 25 heavy (non-hydrogen) atoms. The zero-order valence-corrected chi connectivity index (χ0v) is 15.9. The first-order valence-electron chi connectivity index (χ1n) is 7.64. The van der Waals surface area contributed by atoms with E-state index >= 15 is 0 Å². The average Bonchev–Trinajstić information content (AvgIpc) is 2.56. The number of hydrogen-bond donors (Lipinski definition) is 3. The molecule has 0 fully saturated rings. The number of carboxylic acids is 1. The van der Waals surface area contributed by atoms with Gasteiger partial charge in [-0.3, -0.25) is 9.59 Å². The summed E-state index contributed by atoms with van der Waals surface area (Å²) >= 11 is 0. The number of anilines is 1. The molecular weight excluding hydrogens is 362 g/mol. The number of aryl methyl sites for hydroxylation is 1. The van der Waals surface area contributed by atoms with Crippen molar-refractivity contribution in [3.8, 4) is 0 Å². The van der Waals surface area contributed by atoms with Gasteiger partial charge in [-0.1, -0.05) is 27.7 Å². The van der Waals surface area contributed by atoms with Gasteiger partial charge < -0.3 is 20.8 Å². The number of pyridine rings is 1. The second-order valence-corrected chi connectivity index (χ2v) is 7.77. The molecule has 0 aliphatic heterocycles. The first-order chi connectivity index (χ1) is 11.9. The molecule has 0 unspecified atom stereocenters. The Morgan fingerprint density at radius 3 is 2.68 bits per heavy atom. The summed E-state index contributed by atoms with van der Waals surface area (Å²) in [5, 5.41) is 17.9.